The van der Waals surface area contributed by atoms with E-state index in [0.717, 1.165) is 16.7 Å². The Labute approximate surface area is 96.5 Å². The quantitative estimate of drug-likeness (QED) is 0.921. The summed E-state index contributed by atoms with van der Waals surface area (Å²) in [5.74, 6) is 0. The van der Waals surface area contributed by atoms with E-state index in [9.17, 15) is 0 Å². The van der Waals surface area contributed by atoms with Crippen LogP contribution in [0.5, 0.6) is 0 Å². The van der Waals surface area contributed by atoms with Gasteiger partial charge in [0.05, 0.1) is 5.69 Å². The van der Waals surface area contributed by atoms with Crippen LogP contribution in [0.15, 0.2) is 35.3 Å². The maximum absolute atomic E-state index is 4.07. The summed E-state index contributed by atoms with van der Waals surface area (Å²) in [6.07, 6.45) is 3.20. The monoisotopic (exact) mass is 266 g/mol. The summed E-state index contributed by atoms with van der Waals surface area (Å²) in [6.45, 7) is 0.845. The van der Waals surface area contributed by atoms with Crippen LogP contribution >= 0.6 is 15.9 Å². The fourth-order valence-electron chi connectivity index (χ4n) is 1.35. The molecule has 0 fully saturated rings. The number of nitrogens with zero attached hydrogens (tertiary/aromatic N) is 3. The molecular formula is C10H11BrN4. The number of aromatic nitrogens is 3. The smallest absolute Gasteiger partial charge is 0.138 e. The normalized spacial score (nSPS) is 10.5. The first-order chi connectivity index (χ1) is 7.31. The van der Waals surface area contributed by atoms with Crippen LogP contribution in [0.1, 0.15) is 5.56 Å². The van der Waals surface area contributed by atoms with Crippen molar-refractivity contribution in [2.75, 3.05) is 7.05 Å². The van der Waals surface area contributed by atoms with Crippen LogP contribution in [-0.2, 0) is 6.54 Å². The molecule has 0 aliphatic rings. The highest BCUT2D eigenvalue weighted by molar-refractivity contribution is 9.10. The summed E-state index contributed by atoms with van der Waals surface area (Å²) in [4.78, 5) is 3.91. The molecule has 0 aliphatic heterocycles. The molecule has 1 aromatic heterocycles. The van der Waals surface area contributed by atoms with Gasteiger partial charge in [-0.15, -0.1) is 0 Å². The highest BCUT2D eigenvalue weighted by atomic mass is 79.9. The van der Waals surface area contributed by atoms with E-state index in [4.69, 9.17) is 0 Å². The lowest BCUT2D eigenvalue weighted by molar-refractivity contribution is 0.811. The molecule has 0 bridgehead atoms. The van der Waals surface area contributed by atoms with E-state index in [1.54, 1.807) is 11.0 Å². The lowest BCUT2D eigenvalue weighted by Crippen LogP contribution is -2.06. The van der Waals surface area contributed by atoms with E-state index in [-0.39, 0.29) is 0 Å². The summed E-state index contributed by atoms with van der Waals surface area (Å²) < 4.78 is 2.80. The fourth-order valence-corrected chi connectivity index (χ4v) is 1.86. The lowest BCUT2D eigenvalue weighted by Gasteiger charge is -2.06. The number of rotatable bonds is 3. The Balaban J connectivity index is 2.33. The highest BCUT2D eigenvalue weighted by Crippen LogP contribution is 2.20. The second-order valence-corrected chi connectivity index (χ2v) is 4.00. The van der Waals surface area contributed by atoms with Crippen molar-refractivity contribution in [2.45, 2.75) is 6.54 Å². The average molecular weight is 267 g/mol. The summed E-state index contributed by atoms with van der Waals surface area (Å²) in [7, 11) is 1.93. The zero-order valence-corrected chi connectivity index (χ0v) is 9.90. The Hall–Kier alpha value is -1.20. The second kappa shape index (κ2) is 4.55. The molecule has 0 spiro atoms. The minimum Gasteiger partial charge on any atom is -0.316 e. The third-order valence-corrected chi connectivity index (χ3v) is 2.83. The molecule has 0 saturated heterocycles. The topological polar surface area (TPSA) is 42.7 Å². The Morgan fingerprint density at radius 2 is 2.33 bits per heavy atom. The molecule has 0 saturated carbocycles. The van der Waals surface area contributed by atoms with Crippen LogP contribution in [0, 0.1) is 0 Å². The molecule has 15 heavy (non-hydrogen) atoms. The first-order valence-electron chi connectivity index (χ1n) is 4.59. The van der Waals surface area contributed by atoms with Gasteiger partial charge in [-0.3, -0.25) is 0 Å². The van der Waals surface area contributed by atoms with E-state index < -0.39 is 0 Å². The van der Waals surface area contributed by atoms with Gasteiger partial charge in [0.25, 0.3) is 0 Å². The van der Waals surface area contributed by atoms with Crippen molar-refractivity contribution in [3.05, 3.63) is 40.9 Å². The van der Waals surface area contributed by atoms with E-state index >= 15 is 0 Å². The highest BCUT2D eigenvalue weighted by Gasteiger charge is 2.02. The first kappa shape index (κ1) is 10.3. The largest absolute Gasteiger partial charge is 0.316 e. The maximum Gasteiger partial charge on any atom is 0.138 e. The summed E-state index contributed by atoms with van der Waals surface area (Å²) in [6, 6.07) is 6.12. The third kappa shape index (κ3) is 2.24. The lowest BCUT2D eigenvalue weighted by atomic mass is 10.2. The predicted molar refractivity (Wildman–Crippen MR) is 61.8 cm³/mol. The van der Waals surface area contributed by atoms with Crippen LogP contribution in [0.2, 0.25) is 0 Å². The summed E-state index contributed by atoms with van der Waals surface area (Å²) >= 11 is 3.53. The Morgan fingerprint density at radius 3 is 2.93 bits per heavy atom. The van der Waals surface area contributed by atoms with Crippen LogP contribution in [-0.4, -0.2) is 21.8 Å². The zero-order valence-electron chi connectivity index (χ0n) is 8.31. The van der Waals surface area contributed by atoms with Gasteiger partial charge >= 0.3 is 0 Å². The van der Waals surface area contributed by atoms with Crippen LogP contribution in [0.3, 0.4) is 0 Å². The molecule has 0 atom stereocenters. The molecule has 78 valence electrons. The number of benzene rings is 1. The fraction of sp³-hybridized carbons (Fsp3) is 0.200. The molecule has 0 unspecified atom stereocenters. The SMILES string of the molecule is CNCc1ccc(-n2cncn2)cc1Br. The van der Waals surface area contributed by atoms with Gasteiger partial charge in [-0.1, -0.05) is 22.0 Å². The molecular weight excluding hydrogens is 256 g/mol. The van der Waals surface area contributed by atoms with Crippen LogP contribution in [0.25, 0.3) is 5.69 Å². The molecule has 1 aromatic carbocycles. The molecule has 1 heterocycles. The van der Waals surface area contributed by atoms with Crippen molar-refractivity contribution >= 4 is 15.9 Å². The second-order valence-electron chi connectivity index (χ2n) is 3.15. The van der Waals surface area contributed by atoms with Crippen LogP contribution in [0.4, 0.5) is 0 Å². The first-order valence-corrected chi connectivity index (χ1v) is 5.38. The predicted octanol–water partition coefficient (Wildman–Crippen LogP) is 1.75. The Morgan fingerprint density at radius 1 is 1.47 bits per heavy atom. The minimum absolute atomic E-state index is 0.845. The van der Waals surface area contributed by atoms with Crippen molar-refractivity contribution in [3.63, 3.8) is 0 Å². The van der Waals surface area contributed by atoms with Gasteiger partial charge in [-0.05, 0) is 24.7 Å². The average Bonchev–Trinajstić information content (AvgIpc) is 2.74. The summed E-state index contributed by atoms with van der Waals surface area (Å²) in [5.41, 5.74) is 2.22. The maximum atomic E-state index is 4.07. The molecule has 2 rings (SSSR count). The number of hydrogen-bond donors (Lipinski definition) is 1. The number of halogens is 1. The molecule has 0 radical (unpaired) electrons. The minimum atomic E-state index is 0.845. The molecule has 0 aliphatic carbocycles. The van der Waals surface area contributed by atoms with E-state index in [1.807, 2.05) is 19.2 Å². The van der Waals surface area contributed by atoms with Gasteiger partial charge in [0.15, 0.2) is 0 Å². The zero-order chi connectivity index (χ0) is 10.7. The van der Waals surface area contributed by atoms with Gasteiger partial charge in [-0.2, -0.15) is 5.10 Å². The van der Waals surface area contributed by atoms with Gasteiger partial charge in [-0.25, -0.2) is 9.67 Å². The Kier molecular flexibility index (Phi) is 3.13. The molecule has 2 aromatic rings. The van der Waals surface area contributed by atoms with Gasteiger partial charge in [0.2, 0.25) is 0 Å². The van der Waals surface area contributed by atoms with E-state index in [1.165, 1.54) is 11.9 Å². The number of hydrogen-bond acceptors (Lipinski definition) is 3. The van der Waals surface area contributed by atoms with Gasteiger partial charge in [0.1, 0.15) is 12.7 Å². The van der Waals surface area contributed by atoms with Crippen molar-refractivity contribution in [2.24, 2.45) is 0 Å². The molecule has 4 nitrogen and oxygen atoms in total. The standard InChI is InChI=1S/C10H11BrN4/c1-12-5-8-2-3-9(4-10(8)11)15-7-13-6-14-15/h2-4,6-7,12H,5H2,1H3. The van der Waals surface area contributed by atoms with Crippen molar-refractivity contribution < 1.29 is 0 Å². The van der Waals surface area contributed by atoms with Crippen molar-refractivity contribution in [3.8, 4) is 5.69 Å². The van der Waals surface area contributed by atoms with E-state index in [2.05, 4.69) is 37.4 Å². The molecule has 5 heteroatoms. The Bertz CT molecular complexity index is 439. The number of nitrogens with one attached hydrogen (secondary N) is 1. The van der Waals surface area contributed by atoms with Gasteiger partial charge in [0, 0.05) is 11.0 Å². The van der Waals surface area contributed by atoms with Crippen molar-refractivity contribution in [1.82, 2.24) is 20.1 Å². The molecule has 1 N–H and O–H groups in total. The van der Waals surface area contributed by atoms with Crippen LogP contribution < -0.4 is 5.32 Å². The van der Waals surface area contributed by atoms with E-state index in [0.29, 0.717) is 0 Å². The summed E-state index contributed by atoms with van der Waals surface area (Å²) in [5, 5.41) is 7.19. The molecule has 0 amide bonds. The van der Waals surface area contributed by atoms with Crippen molar-refractivity contribution in [1.29, 1.82) is 0 Å². The van der Waals surface area contributed by atoms with Gasteiger partial charge < -0.3 is 5.32 Å². The third-order valence-electron chi connectivity index (χ3n) is 2.09.